The van der Waals surface area contributed by atoms with Crippen molar-refractivity contribution in [1.29, 1.82) is 0 Å². The highest BCUT2D eigenvalue weighted by Gasteiger charge is 2.37. The van der Waals surface area contributed by atoms with E-state index in [0.717, 1.165) is 6.20 Å². The lowest BCUT2D eigenvalue weighted by Crippen LogP contribution is -2.35. The average Bonchev–Trinajstić information content (AvgIpc) is 2.18. The van der Waals surface area contributed by atoms with Crippen molar-refractivity contribution in [3.05, 3.63) is 21.0 Å². The van der Waals surface area contributed by atoms with Crippen LogP contribution in [-0.2, 0) is 0 Å². The molecule has 1 atom stereocenters. The summed E-state index contributed by atoms with van der Waals surface area (Å²) in [6.45, 7) is -0.757. The minimum absolute atomic E-state index is 0.0249. The van der Waals surface area contributed by atoms with Crippen LogP contribution >= 0.6 is 15.9 Å². The number of H-pyrrole nitrogens is 1. The zero-order valence-corrected chi connectivity index (χ0v) is 9.26. The van der Waals surface area contributed by atoms with Gasteiger partial charge in [-0.25, -0.2) is 5.10 Å². The molecule has 1 rings (SSSR count). The van der Waals surface area contributed by atoms with E-state index >= 15 is 0 Å². The molecule has 0 aliphatic heterocycles. The van der Waals surface area contributed by atoms with E-state index in [4.69, 9.17) is 5.11 Å². The van der Waals surface area contributed by atoms with Gasteiger partial charge in [-0.2, -0.15) is 18.3 Å². The molecular weight excluding hydrogens is 295 g/mol. The van der Waals surface area contributed by atoms with Gasteiger partial charge in [0.1, 0.15) is 4.47 Å². The number of hydrogen-bond acceptors (Lipinski definition) is 4. The molecule has 0 saturated heterocycles. The molecular formula is C7H7BrF3N3O2. The third-order valence-corrected chi connectivity index (χ3v) is 2.45. The van der Waals surface area contributed by atoms with Crippen molar-refractivity contribution < 1.29 is 18.3 Å². The van der Waals surface area contributed by atoms with Crippen LogP contribution in [0.25, 0.3) is 0 Å². The van der Waals surface area contributed by atoms with Crippen molar-refractivity contribution in [2.75, 3.05) is 11.9 Å². The van der Waals surface area contributed by atoms with E-state index in [1.165, 1.54) is 0 Å². The third kappa shape index (κ3) is 3.20. The van der Waals surface area contributed by atoms with E-state index in [1.807, 2.05) is 0 Å². The molecule has 0 spiro atoms. The Morgan fingerprint density at radius 3 is 2.81 bits per heavy atom. The highest BCUT2D eigenvalue weighted by atomic mass is 79.9. The number of anilines is 1. The van der Waals surface area contributed by atoms with Crippen LogP contribution in [0.3, 0.4) is 0 Å². The Kier molecular flexibility index (Phi) is 3.92. The first-order chi connectivity index (χ1) is 7.32. The number of nitrogens with zero attached hydrogens (tertiary/aromatic N) is 1. The highest BCUT2D eigenvalue weighted by Crippen LogP contribution is 2.21. The number of hydrogen-bond donors (Lipinski definition) is 3. The smallest absolute Gasteiger partial charge is 0.382 e. The lowest BCUT2D eigenvalue weighted by atomic mass is 10.3. The normalized spacial score (nSPS) is 13.6. The quantitative estimate of drug-likeness (QED) is 0.774. The van der Waals surface area contributed by atoms with Crippen LogP contribution in [0, 0.1) is 0 Å². The predicted octanol–water partition coefficient (Wildman–Crippen LogP) is 0.867. The topological polar surface area (TPSA) is 78.0 Å². The molecule has 5 nitrogen and oxygen atoms in total. The maximum atomic E-state index is 11.9. The second-order valence-electron chi connectivity index (χ2n) is 2.87. The molecule has 1 aromatic heterocycles. The highest BCUT2D eigenvalue weighted by molar-refractivity contribution is 9.10. The van der Waals surface area contributed by atoms with Gasteiger partial charge in [0.25, 0.3) is 5.56 Å². The van der Waals surface area contributed by atoms with Crippen molar-refractivity contribution >= 4 is 21.6 Å². The number of halogens is 4. The monoisotopic (exact) mass is 301 g/mol. The molecule has 1 aromatic rings. The van der Waals surface area contributed by atoms with Crippen LogP contribution in [0.5, 0.6) is 0 Å². The number of aliphatic hydroxyl groups is 1. The van der Waals surface area contributed by atoms with Gasteiger partial charge in [-0.15, -0.1) is 0 Å². The summed E-state index contributed by atoms with van der Waals surface area (Å²) in [5.74, 6) is 0. The number of alkyl halides is 3. The van der Waals surface area contributed by atoms with Crippen LogP contribution in [0.15, 0.2) is 15.5 Å². The summed E-state index contributed by atoms with van der Waals surface area (Å²) in [7, 11) is 0. The molecule has 3 N–H and O–H groups in total. The largest absolute Gasteiger partial charge is 0.416 e. The SMILES string of the molecule is O=c1[nH]ncc(NCC(O)C(F)(F)F)c1Br. The first-order valence-corrected chi connectivity index (χ1v) is 4.83. The summed E-state index contributed by atoms with van der Waals surface area (Å²) in [5, 5.41) is 16.4. The number of aromatic amines is 1. The van der Waals surface area contributed by atoms with Gasteiger partial charge in [-0.3, -0.25) is 4.79 Å². The molecule has 16 heavy (non-hydrogen) atoms. The predicted molar refractivity (Wildman–Crippen MR) is 53.1 cm³/mol. The zero-order chi connectivity index (χ0) is 12.3. The molecule has 0 aliphatic rings. The summed E-state index contributed by atoms with van der Waals surface area (Å²) >= 11 is 2.87. The Morgan fingerprint density at radius 1 is 1.62 bits per heavy atom. The molecule has 9 heteroatoms. The lowest BCUT2D eigenvalue weighted by molar-refractivity contribution is -0.198. The summed E-state index contributed by atoms with van der Waals surface area (Å²) in [6.07, 6.45) is -6.07. The molecule has 0 fully saturated rings. The summed E-state index contributed by atoms with van der Waals surface area (Å²) in [6, 6.07) is 0. The number of nitrogens with one attached hydrogen (secondary N) is 2. The first kappa shape index (κ1) is 13.0. The van der Waals surface area contributed by atoms with Crippen LogP contribution in [-0.4, -0.2) is 34.1 Å². The summed E-state index contributed by atoms with van der Waals surface area (Å²) in [4.78, 5) is 11.0. The zero-order valence-electron chi connectivity index (χ0n) is 7.68. The fraction of sp³-hybridized carbons (Fsp3) is 0.429. The Morgan fingerprint density at radius 2 is 2.25 bits per heavy atom. The fourth-order valence-electron chi connectivity index (χ4n) is 0.829. The maximum Gasteiger partial charge on any atom is 0.416 e. The second-order valence-corrected chi connectivity index (χ2v) is 3.66. The molecule has 0 aromatic carbocycles. The van der Waals surface area contributed by atoms with Crippen molar-refractivity contribution in [3.63, 3.8) is 0 Å². The van der Waals surface area contributed by atoms with E-state index < -0.39 is 24.4 Å². The van der Waals surface area contributed by atoms with Gasteiger partial charge in [-0.1, -0.05) is 0 Å². The van der Waals surface area contributed by atoms with Crippen LogP contribution < -0.4 is 10.9 Å². The van der Waals surface area contributed by atoms with Crippen molar-refractivity contribution in [1.82, 2.24) is 10.2 Å². The van der Waals surface area contributed by atoms with Gasteiger partial charge in [-0.05, 0) is 15.9 Å². The van der Waals surface area contributed by atoms with Crippen LogP contribution in [0.1, 0.15) is 0 Å². The minimum atomic E-state index is -4.70. The van der Waals surface area contributed by atoms with Gasteiger partial charge < -0.3 is 10.4 Å². The lowest BCUT2D eigenvalue weighted by Gasteiger charge is -2.15. The maximum absolute atomic E-state index is 11.9. The fourth-order valence-corrected chi connectivity index (χ4v) is 1.16. The molecule has 1 heterocycles. The standard InChI is InChI=1S/C7H7BrF3N3O2/c8-5-3(1-13-14-6(5)16)12-2-4(15)7(9,10)11/h1,4,15H,2H2,(H2,12,14,16). The van der Waals surface area contributed by atoms with E-state index in [1.54, 1.807) is 0 Å². The van der Waals surface area contributed by atoms with E-state index in [-0.39, 0.29) is 10.2 Å². The summed E-state index contributed by atoms with van der Waals surface area (Å²) in [5.41, 5.74) is -0.501. The van der Waals surface area contributed by atoms with Crippen molar-refractivity contribution in [2.45, 2.75) is 12.3 Å². The number of aromatic nitrogens is 2. The van der Waals surface area contributed by atoms with E-state index in [2.05, 4.69) is 31.4 Å². The van der Waals surface area contributed by atoms with Crippen molar-refractivity contribution in [2.24, 2.45) is 0 Å². The molecule has 0 bridgehead atoms. The van der Waals surface area contributed by atoms with Gasteiger partial charge >= 0.3 is 6.18 Å². The van der Waals surface area contributed by atoms with Gasteiger partial charge in [0.15, 0.2) is 6.10 Å². The molecule has 0 amide bonds. The molecule has 0 saturated carbocycles. The number of aliphatic hydroxyl groups excluding tert-OH is 1. The molecule has 90 valence electrons. The third-order valence-electron chi connectivity index (χ3n) is 1.66. The Hall–Kier alpha value is -1.09. The Bertz CT molecular complexity index is 420. The molecule has 0 aliphatic carbocycles. The van der Waals surface area contributed by atoms with E-state index in [0.29, 0.717) is 0 Å². The van der Waals surface area contributed by atoms with Gasteiger partial charge in [0.2, 0.25) is 0 Å². The molecule has 1 unspecified atom stereocenters. The minimum Gasteiger partial charge on any atom is -0.382 e. The first-order valence-electron chi connectivity index (χ1n) is 4.04. The van der Waals surface area contributed by atoms with Gasteiger partial charge in [0.05, 0.1) is 11.9 Å². The second kappa shape index (κ2) is 4.83. The Balaban J connectivity index is 2.69. The van der Waals surface area contributed by atoms with E-state index in [9.17, 15) is 18.0 Å². The van der Waals surface area contributed by atoms with Crippen LogP contribution in [0.4, 0.5) is 18.9 Å². The number of rotatable bonds is 3. The van der Waals surface area contributed by atoms with Crippen LogP contribution in [0.2, 0.25) is 0 Å². The van der Waals surface area contributed by atoms with Gasteiger partial charge in [0, 0.05) is 6.54 Å². The molecule has 0 radical (unpaired) electrons. The average molecular weight is 302 g/mol. The Labute approximate surface area is 95.8 Å². The van der Waals surface area contributed by atoms with Crippen molar-refractivity contribution in [3.8, 4) is 0 Å². The summed E-state index contributed by atoms with van der Waals surface area (Å²) < 4.78 is 35.9.